The van der Waals surface area contributed by atoms with Gasteiger partial charge < -0.3 is 10.5 Å². The Kier molecular flexibility index (Phi) is 9.80. The van der Waals surface area contributed by atoms with Crippen LogP contribution in [0.3, 0.4) is 0 Å². The molecule has 0 unspecified atom stereocenters. The van der Waals surface area contributed by atoms with E-state index in [2.05, 4.69) is 20.2 Å². The summed E-state index contributed by atoms with van der Waals surface area (Å²) in [5, 5.41) is 8.02. The summed E-state index contributed by atoms with van der Waals surface area (Å²) < 4.78 is 5.33. The molecule has 0 aliphatic carbocycles. The lowest BCUT2D eigenvalue weighted by Gasteiger charge is -2.25. The average Bonchev–Trinajstić information content (AvgIpc) is 3.18. The number of ether oxygens (including phenoxy) is 1. The standard InChI is InChI=1S/C14H19N5O2S2.2ClH/c15-2-1-12-17-11(9-22-12)13(20)18-14-16-10(8-23-14)7-19-3-5-21-6-4-19;;/h8-9H,1-7,15H2,(H,16,18,20);2*1H. The van der Waals surface area contributed by atoms with E-state index in [9.17, 15) is 4.79 Å². The molecule has 1 fully saturated rings. The predicted octanol–water partition coefficient (Wildman–Crippen LogP) is 2.03. The highest BCUT2D eigenvalue weighted by atomic mass is 35.5. The molecule has 1 saturated heterocycles. The molecule has 3 rings (SSSR count). The average molecular weight is 426 g/mol. The second kappa shape index (κ2) is 11.0. The molecule has 1 aliphatic rings. The Hall–Kier alpha value is -0.810. The molecule has 0 atom stereocenters. The van der Waals surface area contributed by atoms with E-state index in [1.165, 1.54) is 22.7 Å². The molecule has 7 nitrogen and oxygen atoms in total. The van der Waals surface area contributed by atoms with Gasteiger partial charge in [0.05, 0.1) is 23.9 Å². The Balaban J connectivity index is 0.00000156. The molecular formula is C14H21Cl2N5O2S2. The monoisotopic (exact) mass is 425 g/mol. The van der Waals surface area contributed by atoms with Crippen LogP contribution in [0.2, 0.25) is 0 Å². The topological polar surface area (TPSA) is 93.4 Å². The maximum absolute atomic E-state index is 12.2. The number of anilines is 1. The third-order valence-electron chi connectivity index (χ3n) is 3.40. The zero-order valence-electron chi connectivity index (χ0n) is 13.5. The van der Waals surface area contributed by atoms with Crippen molar-refractivity contribution >= 4 is 58.5 Å². The van der Waals surface area contributed by atoms with Crippen LogP contribution in [0, 0.1) is 0 Å². The lowest BCUT2D eigenvalue weighted by molar-refractivity contribution is 0.0337. The first kappa shape index (κ1) is 22.2. The molecule has 0 aromatic carbocycles. The summed E-state index contributed by atoms with van der Waals surface area (Å²) in [4.78, 5) is 23.2. The summed E-state index contributed by atoms with van der Waals surface area (Å²) in [5.41, 5.74) is 6.88. The highest BCUT2D eigenvalue weighted by Crippen LogP contribution is 2.19. The summed E-state index contributed by atoms with van der Waals surface area (Å²) >= 11 is 2.89. The van der Waals surface area contributed by atoms with E-state index in [1.54, 1.807) is 5.38 Å². The Bertz CT molecular complexity index is 661. The summed E-state index contributed by atoms with van der Waals surface area (Å²) in [6, 6.07) is 0. The van der Waals surface area contributed by atoms with Crippen LogP contribution >= 0.6 is 47.5 Å². The lowest BCUT2D eigenvalue weighted by Crippen LogP contribution is -2.35. The van der Waals surface area contributed by atoms with Crippen LogP contribution in [0.1, 0.15) is 21.2 Å². The van der Waals surface area contributed by atoms with Crippen LogP contribution in [-0.2, 0) is 17.7 Å². The first-order chi connectivity index (χ1) is 11.2. The van der Waals surface area contributed by atoms with Crippen molar-refractivity contribution in [3.63, 3.8) is 0 Å². The summed E-state index contributed by atoms with van der Waals surface area (Å²) in [6.45, 7) is 4.69. The fraction of sp³-hybridized carbons (Fsp3) is 0.500. The number of aromatic nitrogens is 2. The number of rotatable bonds is 6. The normalized spacial score (nSPS) is 14.4. The molecule has 2 aromatic heterocycles. The van der Waals surface area contributed by atoms with E-state index in [-0.39, 0.29) is 30.7 Å². The minimum absolute atomic E-state index is 0. The number of halogens is 2. The van der Waals surface area contributed by atoms with Crippen molar-refractivity contribution in [2.45, 2.75) is 13.0 Å². The predicted molar refractivity (Wildman–Crippen MR) is 106 cm³/mol. The first-order valence-corrected chi connectivity index (χ1v) is 9.21. The molecule has 3 N–H and O–H groups in total. The van der Waals surface area contributed by atoms with Crippen LogP contribution in [0.4, 0.5) is 5.13 Å². The maximum atomic E-state index is 12.2. The van der Waals surface area contributed by atoms with E-state index >= 15 is 0 Å². The van der Waals surface area contributed by atoms with Crippen LogP contribution < -0.4 is 11.1 Å². The highest BCUT2D eigenvalue weighted by Gasteiger charge is 2.15. The Morgan fingerprint density at radius 2 is 2.00 bits per heavy atom. The van der Waals surface area contributed by atoms with E-state index in [1.807, 2.05) is 5.38 Å². The number of amides is 1. The summed E-state index contributed by atoms with van der Waals surface area (Å²) in [5.74, 6) is -0.225. The van der Waals surface area contributed by atoms with Crippen molar-refractivity contribution in [2.24, 2.45) is 5.73 Å². The third-order valence-corrected chi connectivity index (χ3v) is 5.12. The molecule has 2 aromatic rings. The smallest absolute Gasteiger partial charge is 0.276 e. The molecule has 0 saturated carbocycles. The minimum atomic E-state index is -0.225. The molecule has 11 heteroatoms. The third kappa shape index (κ3) is 6.45. The Morgan fingerprint density at radius 3 is 2.72 bits per heavy atom. The van der Waals surface area contributed by atoms with Crippen LogP contribution in [-0.4, -0.2) is 53.6 Å². The van der Waals surface area contributed by atoms with Crippen molar-refractivity contribution < 1.29 is 9.53 Å². The van der Waals surface area contributed by atoms with E-state index in [0.717, 1.165) is 43.5 Å². The van der Waals surface area contributed by atoms with Crippen molar-refractivity contribution in [3.05, 3.63) is 27.2 Å². The van der Waals surface area contributed by atoms with Gasteiger partial charge in [0.15, 0.2) is 5.13 Å². The second-order valence-electron chi connectivity index (χ2n) is 5.15. The first-order valence-electron chi connectivity index (χ1n) is 7.45. The van der Waals surface area contributed by atoms with Gasteiger partial charge in [-0.1, -0.05) is 0 Å². The van der Waals surface area contributed by atoms with Gasteiger partial charge in [0.25, 0.3) is 5.91 Å². The Labute approximate surface area is 166 Å². The van der Waals surface area contributed by atoms with E-state index < -0.39 is 0 Å². The van der Waals surface area contributed by atoms with Gasteiger partial charge in [-0.25, -0.2) is 9.97 Å². The minimum Gasteiger partial charge on any atom is -0.379 e. The Morgan fingerprint density at radius 1 is 1.24 bits per heavy atom. The number of thiazole rings is 2. The van der Waals surface area contributed by atoms with Gasteiger partial charge in [0, 0.05) is 36.8 Å². The van der Waals surface area contributed by atoms with Gasteiger partial charge in [0.2, 0.25) is 0 Å². The fourth-order valence-electron chi connectivity index (χ4n) is 2.24. The molecule has 140 valence electrons. The number of hydrogen-bond donors (Lipinski definition) is 2. The molecule has 0 bridgehead atoms. The molecule has 0 radical (unpaired) electrons. The molecule has 25 heavy (non-hydrogen) atoms. The number of carbonyl (C=O) groups is 1. The van der Waals surface area contributed by atoms with Crippen molar-refractivity contribution in [1.82, 2.24) is 14.9 Å². The summed E-state index contributed by atoms with van der Waals surface area (Å²) in [7, 11) is 0. The van der Waals surface area contributed by atoms with Crippen molar-refractivity contribution in [2.75, 3.05) is 38.2 Å². The van der Waals surface area contributed by atoms with Crippen LogP contribution in [0.25, 0.3) is 0 Å². The summed E-state index contributed by atoms with van der Waals surface area (Å²) in [6.07, 6.45) is 0.693. The van der Waals surface area contributed by atoms with Gasteiger partial charge in [-0.3, -0.25) is 15.0 Å². The van der Waals surface area contributed by atoms with Crippen LogP contribution in [0.5, 0.6) is 0 Å². The van der Waals surface area contributed by atoms with Gasteiger partial charge in [-0.05, 0) is 6.54 Å². The van der Waals surface area contributed by atoms with Crippen molar-refractivity contribution in [1.29, 1.82) is 0 Å². The number of carbonyl (C=O) groups excluding carboxylic acids is 1. The highest BCUT2D eigenvalue weighted by molar-refractivity contribution is 7.14. The molecule has 1 amide bonds. The second-order valence-corrected chi connectivity index (χ2v) is 6.95. The largest absolute Gasteiger partial charge is 0.379 e. The zero-order chi connectivity index (χ0) is 16.1. The molecule has 1 aliphatic heterocycles. The number of nitrogens with zero attached hydrogens (tertiary/aromatic N) is 3. The van der Waals surface area contributed by atoms with Gasteiger partial charge >= 0.3 is 0 Å². The van der Waals surface area contributed by atoms with Gasteiger partial charge in [-0.15, -0.1) is 47.5 Å². The van der Waals surface area contributed by atoms with E-state index in [4.69, 9.17) is 10.5 Å². The van der Waals surface area contributed by atoms with E-state index in [0.29, 0.717) is 23.8 Å². The van der Waals surface area contributed by atoms with Crippen LogP contribution in [0.15, 0.2) is 10.8 Å². The lowest BCUT2D eigenvalue weighted by atomic mass is 10.4. The number of nitrogens with one attached hydrogen (secondary N) is 1. The number of nitrogens with two attached hydrogens (primary N) is 1. The fourth-order valence-corrected chi connectivity index (χ4v) is 3.73. The zero-order valence-corrected chi connectivity index (χ0v) is 16.7. The van der Waals surface area contributed by atoms with Gasteiger partial charge in [-0.2, -0.15) is 0 Å². The van der Waals surface area contributed by atoms with Crippen molar-refractivity contribution in [3.8, 4) is 0 Å². The molecule has 3 heterocycles. The molecule has 0 spiro atoms. The maximum Gasteiger partial charge on any atom is 0.276 e. The number of morpholine rings is 1. The molecular weight excluding hydrogens is 405 g/mol. The quantitative estimate of drug-likeness (QED) is 0.734. The van der Waals surface area contributed by atoms with Gasteiger partial charge in [0.1, 0.15) is 5.69 Å². The SMILES string of the molecule is Cl.Cl.NCCc1nc(C(=O)Nc2nc(CN3CCOCC3)cs2)cs1. The number of hydrogen-bond acceptors (Lipinski definition) is 8.